The van der Waals surface area contributed by atoms with Crippen molar-refractivity contribution in [3.8, 4) is 0 Å². The molecular weight excluding hydrogens is 372 g/mol. The van der Waals surface area contributed by atoms with Gasteiger partial charge in [-0.25, -0.2) is 0 Å². The fraction of sp³-hybridized carbons (Fsp3) is 0.471. The number of nitrogens with zero attached hydrogens (tertiary/aromatic N) is 1. The third-order valence-electron chi connectivity index (χ3n) is 3.09. The van der Waals surface area contributed by atoms with Gasteiger partial charge in [0.1, 0.15) is 0 Å². The zero-order valence-corrected chi connectivity index (χ0v) is 16.4. The van der Waals surface area contributed by atoms with Gasteiger partial charge in [0, 0.05) is 25.2 Å². The smallest absolute Gasteiger partial charge is 0.219 e. The number of thiocarbonyl (C=S) groups is 2. The van der Waals surface area contributed by atoms with Gasteiger partial charge in [-0.3, -0.25) is 4.79 Å². The molecule has 0 heterocycles. The van der Waals surface area contributed by atoms with Crippen molar-refractivity contribution in [2.45, 2.75) is 13.3 Å². The van der Waals surface area contributed by atoms with Gasteiger partial charge in [0.25, 0.3) is 0 Å². The summed E-state index contributed by atoms with van der Waals surface area (Å²) in [7, 11) is 0. The second-order valence-electron chi connectivity index (χ2n) is 5.06. The molecule has 1 rings (SSSR count). The highest BCUT2D eigenvalue weighted by Crippen LogP contribution is 2.15. The van der Waals surface area contributed by atoms with Gasteiger partial charge in [-0.05, 0) is 48.7 Å². The summed E-state index contributed by atoms with van der Waals surface area (Å²) in [6, 6.07) is 7.36. The van der Waals surface area contributed by atoms with Crippen LogP contribution in [0.5, 0.6) is 0 Å². The van der Waals surface area contributed by atoms with Gasteiger partial charge in [0.05, 0.1) is 37.3 Å². The molecule has 1 aromatic rings. The van der Waals surface area contributed by atoms with Gasteiger partial charge in [-0.1, -0.05) is 6.92 Å². The first-order valence-corrected chi connectivity index (χ1v) is 9.12. The monoisotopic (exact) mass is 396 g/mol. The lowest BCUT2D eigenvalue weighted by Gasteiger charge is -2.11. The van der Waals surface area contributed by atoms with E-state index in [2.05, 4.69) is 38.3 Å². The van der Waals surface area contributed by atoms with Crippen molar-refractivity contribution in [1.82, 2.24) is 10.6 Å². The summed E-state index contributed by atoms with van der Waals surface area (Å²) in [6.07, 6.45) is 0.487. The lowest BCUT2D eigenvalue weighted by Crippen LogP contribution is -2.31. The number of rotatable bonds is 12. The van der Waals surface area contributed by atoms with Crippen molar-refractivity contribution in [1.29, 1.82) is 0 Å². The Morgan fingerprint density at radius 1 is 1.08 bits per heavy atom. The van der Waals surface area contributed by atoms with E-state index in [1.54, 1.807) is 0 Å². The van der Waals surface area contributed by atoms with E-state index in [1.807, 2.05) is 31.2 Å². The fourth-order valence-electron chi connectivity index (χ4n) is 1.79. The average Bonchev–Trinajstić information content (AvgIpc) is 2.64. The Labute approximate surface area is 164 Å². The maximum atomic E-state index is 11.0. The standard InChI is InChI=1S/C17H24N4O3S2/c1-2-16(22)18-7-9-23-11-12-24-10-8-19-17(26)21-15-5-3-14(4-6-15)20-13-25/h3-6H,2,7-12H2,1H3,(H,18,22)(H2,19,21,26). The Morgan fingerprint density at radius 3 is 2.27 bits per heavy atom. The van der Waals surface area contributed by atoms with E-state index in [0.717, 1.165) is 11.4 Å². The highest BCUT2D eigenvalue weighted by atomic mass is 32.1. The summed E-state index contributed by atoms with van der Waals surface area (Å²) in [6.45, 7) is 4.90. The zero-order chi connectivity index (χ0) is 19.0. The van der Waals surface area contributed by atoms with Crippen LogP contribution in [-0.4, -0.2) is 55.7 Å². The van der Waals surface area contributed by atoms with Crippen LogP contribution in [0.1, 0.15) is 13.3 Å². The first-order chi connectivity index (χ1) is 12.7. The molecule has 1 amide bonds. The van der Waals surface area contributed by atoms with E-state index in [0.29, 0.717) is 51.1 Å². The number of aliphatic imine (C=N–C) groups is 1. The van der Waals surface area contributed by atoms with Crippen LogP contribution in [0.15, 0.2) is 29.3 Å². The lowest BCUT2D eigenvalue weighted by molar-refractivity contribution is -0.121. The summed E-state index contributed by atoms with van der Waals surface area (Å²) in [5, 5.41) is 11.7. The number of hydrogen-bond donors (Lipinski definition) is 3. The molecule has 3 N–H and O–H groups in total. The van der Waals surface area contributed by atoms with E-state index in [9.17, 15) is 4.79 Å². The number of isothiocyanates is 1. The van der Waals surface area contributed by atoms with Crippen molar-refractivity contribution < 1.29 is 14.3 Å². The van der Waals surface area contributed by atoms with Gasteiger partial charge in [-0.15, -0.1) is 0 Å². The van der Waals surface area contributed by atoms with Crippen LogP contribution in [-0.2, 0) is 14.3 Å². The number of ether oxygens (including phenoxy) is 2. The van der Waals surface area contributed by atoms with Crippen molar-refractivity contribution >= 4 is 52.0 Å². The molecule has 0 saturated heterocycles. The minimum absolute atomic E-state index is 0.0277. The van der Waals surface area contributed by atoms with Gasteiger partial charge in [0.15, 0.2) is 5.11 Å². The third-order valence-corrected chi connectivity index (χ3v) is 3.43. The summed E-state index contributed by atoms with van der Waals surface area (Å²) >= 11 is 9.77. The van der Waals surface area contributed by atoms with Crippen molar-refractivity contribution in [3.05, 3.63) is 24.3 Å². The second-order valence-corrected chi connectivity index (χ2v) is 5.65. The molecular formula is C17H24N4O3S2. The number of anilines is 1. The van der Waals surface area contributed by atoms with E-state index < -0.39 is 0 Å². The average molecular weight is 397 g/mol. The van der Waals surface area contributed by atoms with E-state index >= 15 is 0 Å². The molecule has 0 aromatic heterocycles. The molecule has 0 aliphatic heterocycles. The Kier molecular flexibility index (Phi) is 12.2. The molecule has 0 atom stereocenters. The van der Waals surface area contributed by atoms with Gasteiger partial charge in [-0.2, -0.15) is 4.99 Å². The highest BCUT2D eigenvalue weighted by Gasteiger charge is 1.98. The molecule has 9 heteroatoms. The van der Waals surface area contributed by atoms with Crippen molar-refractivity contribution in [2.24, 2.45) is 4.99 Å². The summed E-state index contributed by atoms with van der Waals surface area (Å²) < 4.78 is 10.8. The van der Waals surface area contributed by atoms with Crippen molar-refractivity contribution in [2.75, 3.05) is 44.8 Å². The normalized spacial score (nSPS) is 9.88. The summed E-state index contributed by atoms with van der Waals surface area (Å²) in [4.78, 5) is 14.9. The van der Waals surface area contributed by atoms with Crippen molar-refractivity contribution in [3.63, 3.8) is 0 Å². The molecule has 0 saturated carbocycles. The van der Waals surface area contributed by atoms with Crippen LogP contribution in [0.3, 0.4) is 0 Å². The molecule has 26 heavy (non-hydrogen) atoms. The van der Waals surface area contributed by atoms with Gasteiger partial charge < -0.3 is 25.4 Å². The third kappa shape index (κ3) is 10.9. The Hall–Kier alpha value is -1.90. The highest BCUT2D eigenvalue weighted by molar-refractivity contribution is 7.80. The number of nitrogens with one attached hydrogen (secondary N) is 3. The SMILES string of the molecule is CCC(=O)NCCOCCOCCNC(=S)Nc1ccc(N=C=S)cc1. The predicted octanol–water partition coefficient (Wildman–Crippen LogP) is 2.27. The molecule has 142 valence electrons. The molecule has 7 nitrogen and oxygen atoms in total. The molecule has 1 aromatic carbocycles. The van der Waals surface area contributed by atoms with Crippen LogP contribution >= 0.6 is 24.4 Å². The quantitative estimate of drug-likeness (QED) is 0.284. The number of carbonyl (C=O) groups is 1. The first kappa shape index (κ1) is 22.1. The van der Waals surface area contributed by atoms with Gasteiger partial charge >= 0.3 is 0 Å². The topological polar surface area (TPSA) is 84.0 Å². The molecule has 0 aliphatic rings. The van der Waals surface area contributed by atoms with Crippen LogP contribution in [0, 0.1) is 0 Å². The minimum Gasteiger partial charge on any atom is -0.377 e. The molecule has 0 unspecified atom stereocenters. The summed E-state index contributed by atoms with van der Waals surface area (Å²) in [5.74, 6) is 0.0277. The minimum atomic E-state index is 0.0277. The Balaban J connectivity index is 1.99. The van der Waals surface area contributed by atoms with Crippen LogP contribution < -0.4 is 16.0 Å². The maximum Gasteiger partial charge on any atom is 0.219 e. The summed E-state index contributed by atoms with van der Waals surface area (Å²) in [5.41, 5.74) is 1.60. The van der Waals surface area contributed by atoms with E-state index in [1.165, 1.54) is 0 Å². The molecule has 0 fully saturated rings. The fourth-order valence-corrected chi connectivity index (χ4v) is 2.12. The first-order valence-electron chi connectivity index (χ1n) is 8.30. The van der Waals surface area contributed by atoms with E-state index in [4.69, 9.17) is 21.7 Å². The molecule has 0 bridgehead atoms. The maximum absolute atomic E-state index is 11.0. The Morgan fingerprint density at radius 2 is 1.69 bits per heavy atom. The Bertz CT molecular complexity index is 605. The second kappa shape index (κ2) is 14.3. The number of amides is 1. The van der Waals surface area contributed by atoms with E-state index in [-0.39, 0.29) is 5.91 Å². The van der Waals surface area contributed by atoms with Crippen LogP contribution in [0.2, 0.25) is 0 Å². The van der Waals surface area contributed by atoms with Gasteiger partial charge in [0.2, 0.25) is 5.91 Å². The predicted molar refractivity (Wildman–Crippen MR) is 110 cm³/mol. The molecule has 0 radical (unpaired) electrons. The zero-order valence-electron chi connectivity index (χ0n) is 14.7. The lowest BCUT2D eigenvalue weighted by atomic mass is 10.3. The number of carbonyl (C=O) groups excluding carboxylic acids is 1. The van der Waals surface area contributed by atoms with Crippen LogP contribution in [0.25, 0.3) is 0 Å². The van der Waals surface area contributed by atoms with Crippen LogP contribution in [0.4, 0.5) is 11.4 Å². The largest absolute Gasteiger partial charge is 0.377 e. The number of benzene rings is 1. The number of hydrogen-bond acceptors (Lipinski definition) is 6. The molecule has 0 spiro atoms. The molecule has 0 aliphatic carbocycles.